The summed E-state index contributed by atoms with van der Waals surface area (Å²) in [6.45, 7) is 4.41. The van der Waals surface area contributed by atoms with E-state index >= 15 is 0 Å². The summed E-state index contributed by atoms with van der Waals surface area (Å²) in [6.07, 6.45) is 6.92. The molecule has 2 aliphatic heterocycles. The number of piperidine rings is 1. The van der Waals surface area contributed by atoms with Gasteiger partial charge in [0.2, 0.25) is 0 Å². The fourth-order valence-electron chi connectivity index (χ4n) is 3.98. The first-order valence-electron chi connectivity index (χ1n) is 9.13. The number of rotatable bonds is 4. The quantitative estimate of drug-likeness (QED) is 0.719. The molecule has 2 aromatic heterocycles. The second kappa shape index (κ2) is 6.66. The maximum Gasteiger partial charge on any atom is 0.0930 e. The zero-order valence-corrected chi connectivity index (χ0v) is 14.6. The number of hydrogen-bond donors (Lipinski definition) is 0. The van der Waals surface area contributed by atoms with Gasteiger partial charge in [0.15, 0.2) is 0 Å². The van der Waals surface area contributed by atoms with Crippen LogP contribution >= 0.6 is 0 Å². The minimum absolute atomic E-state index is 0.261. The maximum absolute atomic E-state index is 6.00. The highest BCUT2D eigenvalue weighted by molar-refractivity contribution is 5.23. The van der Waals surface area contributed by atoms with Crippen LogP contribution in [-0.2, 0) is 24.4 Å². The van der Waals surface area contributed by atoms with Crippen molar-refractivity contribution in [1.82, 2.24) is 29.7 Å². The SMILES string of the molecule is c1cnn(Cc2ccc(CN3CC[C@H]4OCc5cnnn5[C@@H]4C3)cc2)c1. The summed E-state index contributed by atoms with van der Waals surface area (Å²) in [6, 6.07) is 11.1. The fraction of sp³-hybridized carbons (Fsp3) is 0.421. The molecule has 3 aromatic rings. The van der Waals surface area contributed by atoms with Crippen molar-refractivity contribution in [2.75, 3.05) is 13.1 Å². The molecule has 0 bridgehead atoms. The largest absolute Gasteiger partial charge is 0.370 e. The van der Waals surface area contributed by atoms with Crippen molar-refractivity contribution in [1.29, 1.82) is 0 Å². The molecule has 1 aromatic carbocycles. The number of ether oxygens (including phenoxy) is 1. The number of benzene rings is 1. The molecule has 0 aliphatic carbocycles. The molecule has 5 rings (SSSR count). The molecule has 2 atom stereocenters. The van der Waals surface area contributed by atoms with Crippen LogP contribution in [0.15, 0.2) is 48.9 Å². The van der Waals surface area contributed by atoms with Crippen molar-refractivity contribution in [3.05, 3.63) is 65.7 Å². The van der Waals surface area contributed by atoms with Crippen LogP contribution < -0.4 is 0 Å². The molecular formula is C19H22N6O. The van der Waals surface area contributed by atoms with E-state index < -0.39 is 0 Å². The molecule has 26 heavy (non-hydrogen) atoms. The summed E-state index contributed by atoms with van der Waals surface area (Å²) >= 11 is 0. The highest BCUT2D eigenvalue weighted by atomic mass is 16.5. The van der Waals surface area contributed by atoms with E-state index in [1.165, 1.54) is 11.1 Å². The van der Waals surface area contributed by atoms with E-state index in [9.17, 15) is 0 Å². The molecule has 0 unspecified atom stereocenters. The molecule has 0 amide bonds. The summed E-state index contributed by atoms with van der Waals surface area (Å²) in [5.41, 5.74) is 3.68. The summed E-state index contributed by atoms with van der Waals surface area (Å²) in [7, 11) is 0. The lowest BCUT2D eigenvalue weighted by molar-refractivity contribution is -0.0669. The van der Waals surface area contributed by atoms with E-state index in [2.05, 4.69) is 49.3 Å². The van der Waals surface area contributed by atoms with Gasteiger partial charge in [-0.1, -0.05) is 29.5 Å². The van der Waals surface area contributed by atoms with Gasteiger partial charge in [0.05, 0.1) is 37.2 Å². The Hall–Kier alpha value is -2.51. The van der Waals surface area contributed by atoms with Gasteiger partial charge < -0.3 is 4.74 Å². The molecule has 7 nitrogen and oxygen atoms in total. The minimum Gasteiger partial charge on any atom is -0.370 e. The molecule has 0 N–H and O–H groups in total. The third-order valence-electron chi connectivity index (χ3n) is 5.35. The monoisotopic (exact) mass is 350 g/mol. The zero-order valence-electron chi connectivity index (χ0n) is 14.6. The van der Waals surface area contributed by atoms with Gasteiger partial charge in [0.1, 0.15) is 0 Å². The Morgan fingerprint density at radius 2 is 1.96 bits per heavy atom. The number of aromatic nitrogens is 5. The molecule has 1 fully saturated rings. The Morgan fingerprint density at radius 1 is 1.12 bits per heavy atom. The normalized spacial score (nSPS) is 22.8. The molecule has 0 spiro atoms. The molecule has 134 valence electrons. The van der Waals surface area contributed by atoms with Crippen LogP contribution in [0.3, 0.4) is 0 Å². The van der Waals surface area contributed by atoms with E-state index in [4.69, 9.17) is 4.74 Å². The van der Waals surface area contributed by atoms with Crippen LogP contribution in [0.5, 0.6) is 0 Å². The highest BCUT2D eigenvalue weighted by Crippen LogP contribution is 2.30. The van der Waals surface area contributed by atoms with Gasteiger partial charge in [-0.05, 0) is 23.6 Å². The zero-order chi connectivity index (χ0) is 17.3. The Bertz CT molecular complexity index is 857. The summed E-state index contributed by atoms with van der Waals surface area (Å²) < 4.78 is 10.0. The van der Waals surface area contributed by atoms with Gasteiger partial charge in [0, 0.05) is 32.0 Å². The minimum atomic E-state index is 0.261. The first-order chi connectivity index (χ1) is 12.8. The van der Waals surface area contributed by atoms with Crippen LogP contribution in [-0.4, -0.2) is 48.9 Å². The second-order valence-corrected chi connectivity index (χ2v) is 7.13. The van der Waals surface area contributed by atoms with Crippen molar-refractivity contribution in [2.24, 2.45) is 0 Å². The van der Waals surface area contributed by atoms with Crippen molar-refractivity contribution in [2.45, 2.75) is 38.3 Å². The number of fused-ring (bicyclic) bond motifs is 3. The topological polar surface area (TPSA) is 61.0 Å². The predicted octanol–water partition coefficient (Wildman–Crippen LogP) is 1.87. The molecular weight excluding hydrogens is 328 g/mol. The molecule has 0 radical (unpaired) electrons. The average Bonchev–Trinajstić information content (AvgIpc) is 3.35. The third-order valence-corrected chi connectivity index (χ3v) is 5.35. The third kappa shape index (κ3) is 3.04. The first-order valence-corrected chi connectivity index (χ1v) is 9.13. The maximum atomic E-state index is 6.00. The van der Waals surface area contributed by atoms with Crippen molar-refractivity contribution in [3.8, 4) is 0 Å². The van der Waals surface area contributed by atoms with Gasteiger partial charge in [0.25, 0.3) is 0 Å². The van der Waals surface area contributed by atoms with Gasteiger partial charge in [-0.15, -0.1) is 5.10 Å². The van der Waals surface area contributed by atoms with Crippen molar-refractivity contribution < 1.29 is 4.74 Å². The Morgan fingerprint density at radius 3 is 2.77 bits per heavy atom. The van der Waals surface area contributed by atoms with E-state index in [1.54, 1.807) is 0 Å². The Balaban J connectivity index is 1.24. The van der Waals surface area contributed by atoms with Crippen molar-refractivity contribution in [3.63, 3.8) is 0 Å². The van der Waals surface area contributed by atoms with Crippen molar-refractivity contribution >= 4 is 0 Å². The van der Waals surface area contributed by atoms with Gasteiger partial charge in [-0.2, -0.15) is 5.10 Å². The lowest BCUT2D eigenvalue weighted by Gasteiger charge is -2.41. The number of nitrogens with zero attached hydrogens (tertiary/aromatic N) is 6. The number of likely N-dealkylation sites (tertiary alicyclic amines) is 1. The molecule has 2 aliphatic rings. The van der Waals surface area contributed by atoms with Crippen LogP contribution in [0, 0.1) is 0 Å². The Labute approximate surface area is 152 Å². The number of hydrogen-bond acceptors (Lipinski definition) is 5. The average molecular weight is 350 g/mol. The Kier molecular flexibility index (Phi) is 4.03. The molecule has 0 saturated carbocycles. The predicted molar refractivity (Wildman–Crippen MR) is 95.3 cm³/mol. The van der Waals surface area contributed by atoms with E-state index in [0.717, 1.165) is 38.3 Å². The van der Waals surface area contributed by atoms with Crippen LogP contribution in [0.1, 0.15) is 29.3 Å². The van der Waals surface area contributed by atoms with Gasteiger partial charge in [-0.3, -0.25) is 9.58 Å². The summed E-state index contributed by atoms with van der Waals surface area (Å²) in [5, 5.41) is 12.6. The van der Waals surface area contributed by atoms with Crippen LogP contribution in [0.25, 0.3) is 0 Å². The molecule has 1 saturated heterocycles. The fourth-order valence-corrected chi connectivity index (χ4v) is 3.98. The van der Waals surface area contributed by atoms with E-state index in [1.807, 2.05) is 29.3 Å². The van der Waals surface area contributed by atoms with Crippen LogP contribution in [0.4, 0.5) is 0 Å². The van der Waals surface area contributed by atoms with E-state index in [-0.39, 0.29) is 12.1 Å². The highest BCUT2D eigenvalue weighted by Gasteiger charge is 2.36. The summed E-state index contributed by atoms with van der Waals surface area (Å²) in [4.78, 5) is 2.49. The smallest absolute Gasteiger partial charge is 0.0930 e. The van der Waals surface area contributed by atoms with Gasteiger partial charge >= 0.3 is 0 Å². The standard InChI is InChI=1S/C19H22N6O/c1-7-21-24(8-1)12-16-4-2-15(3-5-16)11-23-9-6-19-18(13-23)25-17(14-26-19)10-20-22-25/h1-5,7-8,10,18-19H,6,9,11-14H2/t18-,19-/m1/s1. The van der Waals surface area contributed by atoms with Crippen LogP contribution in [0.2, 0.25) is 0 Å². The molecule has 4 heterocycles. The van der Waals surface area contributed by atoms with Gasteiger partial charge in [-0.25, -0.2) is 4.68 Å². The second-order valence-electron chi connectivity index (χ2n) is 7.13. The molecule has 7 heteroatoms. The summed E-state index contributed by atoms with van der Waals surface area (Å²) in [5.74, 6) is 0. The van der Waals surface area contributed by atoms with E-state index in [0.29, 0.717) is 6.61 Å². The lowest BCUT2D eigenvalue weighted by Crippen LogP contribution is -2.47. The first kappa shape index (κ1) is 15.7. The lowest BCUT2D eigenvalue weighted by atomic mass is 9.99.